The predicted octanol–water partition coefficient (Wildman–Crippen LogP) is 1.76. The van der Waals surface area contributed by atoms with E-state index in [-0.39, 0.29) is 31.6 Å². The second-order valence-electron chi connectivity index (χ2n) is 7.04. The highest BCUT2D eigenvalue weighted by Gasteiger charge is 2.16. The molecule has 9 nitrogen and oxygen atoms in total. The Bertz CT molecular complexity index is 1030. The van der Waals surface area contributed by atoms with E-state index in [4.69, 9.17) is 9.47 Å². The average Bonchev–Trinajstić information content (AvgIpc) is 2.69. The van der Waals surface area contributed by atoms with Crippen LogP contribution in [-0.2, 0) is 21.5 Å². The van der Waals surface area contributed by atoms with E-state index in [0.717, 1.165) is 12.0 Å². The Kier molecular flexibility index (Phi) is 8.82. The second kappa shape index (κ2) is 11.1. The Morgan fingerprint density at radius 3 is 2.67 bits per heavy atom. The zero-order chi connectivity index (χ0) is 22.1. The normalized spacial score (nSPS) is 13.7. The van der Waals surface area contributed by atoms with Crippen LogP contribution >= 0.6 is 0 Å². The highest BCUT2D eigenvalue weighted by atomic mass is 32.2. The summed E-state index contributed by atoms with van der Waals surface area (Å²) in [5, 5.41) is 0. The van der Waals surface area contributed by atoms with Crippen LogP contribution in [0.1, 0.15) is 45.2 Å². The molecular weight excluding hydrogens is 410 g/mol. The summed E-state index contributed by atoms with van der Waals surface area (Å²) in [7, 11) is -3.52. The van der Waals surface area contributed by atoms with Crippen LogP contribution in [0.4, 0.5) is 0 Å². The van der Waals surface area contributed by atoms with Crippen molar-refractivity contribution >= 4 is 10.0 Å². The van der Waals surface area contributed by atoms with Gasteiger partial charge in [-0.2, -0.15) is 0 Å². The monoisotopic (exact) mass is 439 g/mol. The van der Waals surface area contributed by atoms with Crippen molar-refractivity contribution in [3.8, 4) is 5.75 Å². The van der Waals surface area contributed by atoms with Gasteiger partial charge in [0.2, 0.25) is 10.0 Å². The maximum absolute atomic E-state index is 12.4. The van der Waals surface area contributed by atoms with Gasteiger partial charge in [0, 0.05) is 24.9 Å². The smallest absolute Gasteiger partial charge is 0.330 e. The van der Waals surface area contributed by atoms with Crippen molar-refractivity contribution in [1.82, 2.24) is 14.3 Å². The van der Waals surface area contributed by atoms with Gasteiger partial charge in [-0.1, -0.05) is 19.1 Å². The number of benzene rings is 1. The molecule has 30 heavy (non-hydrogen) atoms. The number of rotatable bonds is 12. The number of sulfonamides is 1. The van der Waals surface area contributed by atoms with E-state index in [9.17, 15) is 18.0 Å². The van der Waals surface area contributed by atoms with Gasteiger partial charge in [-0.3, -0.25) is 14.3 Å². The number of nitrogens with one attached hydrogen (secondary N) is 2. The largest absolute Gasteiger partial charge is 0.491 e. The zero-order valence-corrected chi connectivity index (χ0v) is 18.3. The molecule has 0 aliphatic heterocycles. The lowest BCUT2D eigenvalue weighted by molar-refractivity contribution is 0.0744. The van der Waals surface area contributed by atoms with E-state index in [1.807, 2.05) is 38.1 Å². The summed E-state index contributed by atoms with van der Waals surface area (Å²) in [6.07, 6.45) is 2.54. The Morgan fingerprint density at radius 1 is 1.20 bits per heavy atom. The van der Waals surface area contributed by atoms with Crippen LogP contribution in [0.2, 0.25) is 0 Å². The lowest BCUT2D eigenvalue weighted by Gasteiger charge is -2.17. The maximum atomic E-state index is 12.4. The fraction of sp³-hybridized carbons (Fsp3) is 0.500. The van der Waals surface area contributed by atoms with Gasteiger partial charge in [-0.25, -0.2) is 17.9 Å². The highest BCUT2D eigenvalue weighted by Crippen LogP contribution is 2.21. The molecule has 2 aromatic rings. The third kappa shape index (κ3) is 7.77. The van der Waals surface area contributed by atoms with Crippen molar-refractivity contribution in [1.29, 1.82) is 0 Å². The van der Waals surface area contributed by atoms with Gasteiger partial charge in [0.05, 0.1) is 11.9 Å². The third-order valence-electron chi connectivity index (χ3n) is 4.46. The quantitative estimate of drug-likeness (QED) is 0.486. The fourth-order valence-electron chi connectivity index (χ4n) is 2.63. The van der Waals surface area contributed by atoms with Gasteiger partial charge in [0.1, 0.15) is 12.5 Å². The number of hydrogen-bond acceptors (Lipinski definition) is 6. The molecule has 1 unspecified atom stereocenters. The number of hydrogen-bond donors (Lipinski definition) is 2. The van der Waals surface area contributed by atoms with Crippen LogP contribution in [0, 0.1) is 0 Å². The number of nitrogens with zero attached hydrogens (tertiary/aromatic N) is 1. The second-order valence-corrected chi connectivity index (χ2v) is 8.91. The SMILES string of the molecule is CCC(C)Oc1cccc([C@@H](C)NS(=O)(=O)CCCOCn2ccc(=O)[nH]c2=O)c1. The molecule has 0 spiro atoms. The van der Waals surface area contributed by atoms with E-state index >= 15 is 0 Å². The Labute approximate surface area is 176 Å². The number of ether oxygens (including phenoxy) is 2. The molecule has 2 N–H and O–H groups in total. The first-order valence-corrected chi connectivity index (χ1v) is 11.5. The minimum Gasteiger partial charge on any atom is -0.491 e. The number of aromatic nitrogens is 2. The van der Waals surface area contributed by atoms with Gasteiger partial charge in [-0.05, 0) is 44.4 Å². The molecule has 1 heterocycles. The van der Waals surface area contributed by atoms with E-state index in [1.165, 1.54) is 16.8 Å². The zero-order valence-electron chi connectivity index (χ0n) is 17.5. The van der Waals surface area contributed by atoms with Crippen LogP contribution in [0.5, 0.6) is 5.75 Å². The highest BCUT2D eigenvalue weighted by molar-refractivity contribution is 7.89. The molecule has 1 aromatic carbocycles. The molecule has 0 bridgehead atoms. The molecule has 0 aliphatic carbocycles. The topological polar surface area (TPSA) is 119 Å². The van der Waals surface area contributed by atoms with Gasteiger partial charge >= 0.3 is 5.69 Å². The Balaban J connectivity index is 1.81. The van der Waals surface area contributed by atoms with E-state index in [2.05, 4.69) is 9.71 Å². The van der Waals surface area contributed by atoms with Crippen LogP contribution < -0.4 is 20.7 Å². The average molecular weight is 440 g/mol. The lowest BCUT2D eigenvalue weighted by Crippen LogP contribution is -2.30. The fourth-order valence-corrected chi connectivity index (χ4v) is 3.92. The summed E-state index contributed by atoms with van der Waals surface area (Å²) >= 11 is 0. The predicted molar refractivity (Wildman–Crippen MR) is 114 cm³/mol. The molecule has 2 rings (SSSR count). The molecule has 0 amide bonds. The summed E-state index contributed by atoms with van der Waals surface area (Å²) in [6.45, 7) is 5.88. The van der Waals surface area contributed by atoms with Crippen molar-refractivity contribution in [3.63, 3.8) is 0 Å². The third-order valence-corrected chi connectivity index (χ3v) is 5.99. The molecular formula is C20H29N3O6S. The summed E-state index contributed by atoms with van der Waals surface area (Å²) < 4.78 is 39.7. The molecule has 0 saturated carbocycles. The molecule has 0 radical (unpaired) electrons. The molecule has 0 saturated heterocycles. The van der Waals surface area contributed by atoms with Gasteiger partial charge in [0.25, 0.3) is 5.56 Å². The minimum atomic E-state index is -3.52. The minimum absolute atomic E-state index is 0.0670. The van der Waals surface area contributed by atoms with Crippen LogP contribution in [0.3, 0.4) is 0 Å². The molecule has 0 fully saturated rings. The Hall–Kier alpha value is -2.43. The van der Waals surface area contributed by atoms with Crippen LogP contribution in [-0.4, -0.2) is 36.4 Å². The van der Waals surface area contributed by atoms with Gasteiger partial charge in [0.15, 0.2) is 0 Å². The van der Waals surface area contributed by atoms with Gasteiger partial charge in [-0.15, -0.1) is 0 Å². The first kappa shape index (κ1) is 23.8. The first-order valence-electron chi connectivity index (χ1n) is 9.84. The number of aromatic amines is 1. The van der Waals surface area contributed by atoms with Crippen molar-refractivity contribution < 1.29 is 17.9 Å². The maximum Gasteiger partial charge on any atom is 0.330 e. The van der Waals surface area contributed by atoms with Gasteiger partial charge < -0.3 is 9.47 Å². The first-order chi connectivity index (χ1) is 14.2. The van der Waals surface area contributed by atoms with Crippen LogP contribution in [0.25, 0.3) is 0 Å². The summed E-state index contributed by atoms with van der Waals surface area (Å²) in [5.74, 6) is 0.597. The van der Waals surface area contributed by atoms with Crippen molar-refractivity contribution in [2.75, 3.05) is 12.4 Å². The standard InChI is InChI=1S/C20H29N3O6S/c1-4-15(2)29-18-8-5-7-17(13-18)16(3)22-30(26,27)12-6-11-28-14-23-10-9-19(24)21-20(23)25/h5,7-10,13,15-16,22H,4,6,11-12,14H2,1-3H3,(H,21,24,25)/t15?,16-/m1/s1. The van der Waals surface area contributed by atoms with E-state index < -0.39 is 27.3 Å². The summed E-state index contributed by atoms with van der Waals surface area (Å²) in [5.41, 5.74) is -0.252. The van der Waals surface area contributed by atoms with Crippen molar-refractivity contribution in [2.45, 2.75) is 52.5 Å². The van der Waals surface area contributed by atoms with Crippen molar-refractivity contribution in [3.05, 3.63) is 62.9 Å². The summed E-state index contributed by atoms with van der Waals surface area (Å²) in [6, 6.07) is 8.18. The molecule has 166 valence electrons. The van der Waals surface area contributed by atoms with Crippen LogP contribution in [0.15, 0.2) is 46.1 Å². The molecule has 10 heteroatoms. The summed E-state index contributed by atoms with van der Waals surface area (Å²) in [4.78, 5) is 24.7. The van der Waals surface area contributed by atoms with E-state index in [0.29, 0.717) is 5.75 Å². The van der Waals surface area contributed by atoms with Crippen molar-refractivity contribution in [2.24, 2.45) is 0 Å². The lowest BCUT2D eigenvalue weighted by atomic mass is 10.1. The molecule has 0 aliphatic rings. The molecule has 2 atom stereocenters. The van der Waals surface area contributed by atoms with E-state index in [1.54, 1.807) is 6.92 Å². The Morgan fingerprint density at radius 2 is 1.97 bits per heavy atom. The molecule has 1 aromatic heterocycles. The number of H-pyrrole nitrogens is 1.